The van der Waals surface area contributed by atoms with E-state index in [4.69, 9.17) is 0 Å². The van der Waals surface area contributed by atoms with E-state index in [2.05, 4.69) is 33.5 Å². The van der Waals surface area contributed by atoms with Gasteiger partial charge < -0.3 is 10.2 Å². The maximum atomic E-state index is 13.0. The van der Waals surface area contributed by atoms with Gasteiger partial charge in [0.2, 0.25) is 0 Å². The van der Waals surface area contributed by atoms with Crippen molar-refractivity contribution in [3.8, 4) is 11.1 Å². The minimum atomic E-state index is -0.110. The monoisotopic (exact) mass is 406 g/mol. The van der Waals surface area contributed by atoms with Gasteiger partial charge in [0.25, 0.3) is 5.91 Å². The minimum Gasteiger partial charge on any atom is -0.354 e. The first-order valence-electron chi connectivity index (χ1n) is 10.3. The Bertz CT molecular complexity index is 1240. The number of anilines is 2. The Morgan fingerprint density at radius 1 is 0.935 bits per heavy atom. The summed E-state index contributed by atoms with van der Waals surface area (Å²) in [5, 5.41) is 3.00. The summed E-state index contributed by atoms with van der Waals surface area (Å²) >= 11 is 0. The van der Waals surface area contributed by atoms with Crippen LogP contribution in [0.25, 0.3) is 11.1 Å². The summed E-state index contributed by atoms with van der Waals surface area (Å²) in [6, 6.07) is 23.9. The standard InChI is InChI=1S/C26H22N4O/c1-30(17-20-8-4-5-14-27-20)25-13-12-19(16-28-25)29-26(31)23-11-6-10-22-21-9-3-2-7-18(21)15-24(22)23/h2-14,16H,15,17H2,1H3,(H,29,31). The van der Waals surface area contributed by atoms with Gasteiger partial charge >= 0.3 is 0 Å². The normalized spacial score (nSPS) is 11.5. The number of rotatable bonds is 5. The highest BCUT2D eigenvalue weighted by atomic mass is 16.1. The van der Waals surface area contributed by atoms with Gasteiger partial charge in [0.15, 0.2) is 0 Å². The van der Waals surface area contributed by atoms with Crippen LogP contribution in [0, 0.1) is 0 Å². The molecular weight excluding hydrogens is 384 g/mol. The van der Waals surface area contributed by atoms with Gasteiger partial charge in [-0.3, -0.25) is 9.78 Å². The van der Waals surface area contributed by atoms with Crippen LogP contribution in [-0.4, -0.2) is 22.9 Å². The third-order valence-corrected chi connectivity index (χ3v) is 5.62. The molecule has 0 unspecified atom stereocenters. The van der Waals surface area contributed by atoms with Gasteiger partial charge in [-0.25, -0.2) is 4.98 Å². The number of fused-ring (bicyclic) bond motifs is 3. The highest BCUT2D eigenvalue weighted by molar-refractivity contribution is 6.07. The van der Waals surface area contributed by atoms with Crippen molar-refractivity contribution >= 4 is 17.4 Å². The van der Waals surface area contributed by atoms with E-state index in [-0.39, 0.29) is 5.91 Å². The Morgan fingerprint density at radius 3 is 2.58 bits per heavy atom. The van der Waals surface area contributed by atoms with Crippen LogP contribution >= 0.6 is 0 Å². The number of hydrogen-bond acceptors (Lipinski definition) is 4. The summed E-state index contributed by atoms with van der Waals surface area (Å²) in [6.45, 7) is 0.663. The molecule has 4 aromatic rings. The molecule has 0 fully saturated rings. The zero-order valence-corrected chi connectivity index (χ0v) is 17.2. The number of pyridine rings is 2. The highest BCUT2D eigenvalue weighted by Crippen LogP contribution is 2.38. The van der Waals surface area contributed by atoms with Crippen LogP contribution < -0.4 is 10.2 Å². The van der Waals surface area contributed by atoms with Crippen molar-refractivity contribution in [2.24, 2.45) is 0 Å². The Labute approximate surface area is 181 Å². The summed E-state index contributed by atoms with van der Waals surface area (Å²) in [6.07, 6.45) is 4.26. The lowest BCUT2D eigenvalue weighted by Crippen LogP contribution is -2.19. The Kier molecular flexibility index (Phi) is 4.92. The number of amides is 1. The van der Waals surface area contributed by atoms with Crippen molar-refractivity contribution in [2.45, 2.75) is 13.0 Å². The molecule has 0 atom stereocenters. The molecule has 5 rings (SSSR count). The molecule has 5 heteroatoms. The summed E-state index contributed by atoms with van der Waals surface area (Å²) < 4.78 is 0. The molecule has 2 aromatic heterocycles. The average molecular weight is 406 g/mol. The molecule has 0 saturated heterocycles. The molecule has 5 nitrogen and oxygen atoms in total. The largest absolute Gasteiger partial charge is 0.354 e. The number of hydrogen-bond donors (Lipinski definition) is 1. The third-order valence-electron chi connectivity index (χ3n) is 5.62. The van der Waals surface area contributed by atoms with Crippen LogP contribution in [0.2, 0.25) is 0 Å². The fraction of sp³-hybridized carbons (Fsp3) is 0.115. The van der Waals surface area contributed by atoms with Gasteiger partial charge in [0.1, 0.15) is 5.82 Å². The van der Waals surface area contributed by atoms with Gasteiger partial charge in [-0.2, -0.15) is 0 Å². The van der Waals surface area contributed by atoms with E-state index in [1.807, 2.05) is 66.5 Å². The van der Waals surface area contributed by atoms with Crippen molar-refractivity contribution < 1.29 is 4.79 Å². The third kappa shape index (κ3) is 3.78. The second kappa shape index (κ2) is 8.03. The lowest BCUT2D eigenvalue weighted by molar-refractivity contribution is 0.102. The molecule has 2 heterocycles. The highest BCUT2D eigenvalue weighted by Gasteiger charge is 2.23. The Morgan fingerprint density at radius 2 is 1.77 bits per heavy atom. The van der Waals surface area contributed by atoms with Crippen molar-refractivity contribution in [1.29, 1.82) is 0 Å². The van der Waals surface area contributed by atoms with E-state index in [1.54, 1.807) is 12.4 Å². The van der Waals surface area contributed by atoms with Gasteiger partial charge in [-0.1, -0.05) is 42.5 Å². The first kappa shape index (κ1) is 19.0. The molecule has 1 amide bonds. The van der Waals surface area contributed by atoms with Crippen molar-refractivity contribution in [1.82, 2.24) is 9.97 Å². The van der Waals surface area contributed by atoms with E-state index in [9.17, 15) is 4.79 Å². The molecule has 1 N–H and O–H groups in total. The molecule has 0 spiro atoms. The van der Waals surface area contributed by atoms with Crippen LogP contribution in [0.1, 0.15) is 27.2 Å². The van der Waals surface area contributed by atoms with Gasteiger partial charge in [-0.15, -0.1) is 0 Å². The molecule has 0 bridgehead atoms. The fourth-order valence-corrected chi connectivity index (χ4v) is 4.07. The summed E-state index contributed by atoms with van der Waals surface area (Å²) in [7, 11) is 1.97. The van der Waals surface area contributed by atoms with E-state index in [1.165, 1.54) is 11.1 Å². The van der Waals surface area contributed by atoms with Crippen LogP contribution in [0.3, 0.4) is 0 Å². The van der Waals surface area contributed by atoms with E-state index in [0.717, 1.165) is 29.1 Å². The SMILES string of the molecule is CN(Cc1ccccn1)c1ccc(NC(=O)c2cccc3c2Cc2ccccc2-3)cn1. The number of aromatic nitrogens is 2. The maximum Gasteiger partial charge on any atom is 0.256 e. The zero-order valence-electron chi connectivity index (χ0n) is 17.2. The van der Waals surface area contributed by atoms with Gasteiger partial charge in [-0.05, 0) is 59.0 Å². The fourth-order valence-electron chi connectivity index (χ4n) is 4.07. The van der Waals surface area contributed by atoms with Crippen molar-refractivity contribution in [3.05, 3.63) is 108 Å². The van der Waals surface area contributed by atoms with Crippen LogP contribution in [0.15, 0.2) is 85.2 Å². The predicted molar refractivity (Wildman–Crippen MR) is 123 cm³/mol. The first-order chi connectivity index (χ1) is 15.2. The van der Waals surface area contributed by atoms with E-state index >= 15 is 0 Å². The second-order valence-corrected chi connectivity index (χ2v) is 7.70. The molecule has 1 aliphatic rings. The quantitative estimate of drug-likeness (QED) is 0.449. The Balaban J connectivity index is 1.31. The Hall–Kier alpha value is -3.99. The van der Waals surface area contributed by atoms with Crippen LogP contribution in [-0.2, 0) is 13.0 Å². The molecule has 152 valence electrons. The van der Waals surface area contributed by atoms with Gasteiger partial charge in [0.05, 0.1) is 24.1 Å². The molecule has 1 aliphatic carbocycles. The van der Waals surface area contributed by atoms with Crippen LogP contribution in [0.4, 0.5) is 11.5 Å². The van der Waals surface area contributed by atoms with E-state index in [0.29, 0.717) is 17.8 Å². The first-order valence-corrected chi connectivity index (χ1v) is 10.3. The molecule has 2 aromatic carbocycles. The summed E-state index contributed by atoms with van der Waals surface area (Å²) in [5.74, 6) is 0.709. The molecular formula is C26H22N4O. The molecule has 0 aliphatic heterocycles. The smallest absolute Gasteiger partial charge is 0.256 e. The number of nitrogens with one attached hydrogen (secondary N) is 1. The molecule has 31 heavy (non-hydrogen) atoms. The number of carbonyl (C=O) groups is 1. The summed E-state index contributed by atoms with van der Waals surface area (Å²) in [4.78, 5) is 23.9. The lowest BCUT2D eigenvalue weighted by atomic mass is 10.0. The summed E-state index contributed by atoms with van der Waals surface area (Å²) in [5.41, 5.74) is 7.07. The minimum absolute atomic E-state index is 0.110. The second-order valence-electron chi connectivity index (χ2n) is 7.70. The predicted octanol–water partition coefficient (Wildman–Crippen LogP) is 4.94. The topological polar surface area (TPSA) is 58.1 Å². The average Bonchev–Trinajstić information content (AvgIpc) is 3.19. The molecule has 0 radical (unpaired) electrons. The number of carbonyl (C=O) groups excluding carboxylic acids is 1. The number of benzene rings is 2. The van der Waals surface area contributed by atoms with Crippen LogP contribution in [0.5, 0.6) is 0 Å². The van der Waals surface area contributed by atoms with Crippen molar-refractivity contribution in [3.63, 3.8) is 0 Å². The zero-order chi connectivity index (χ0) is 21.2. The van der Waals surface area contributed by atoms with Gasteiger partial charge in [0, 0.05) is 18.8 Å². The van der Waals surface area contributed by atoms with E-state index < -0.39 is 0 Å². The lowest BCUT2D eigenvalue weighted by Gasteiger charge is -2.18. The van der Waals surface area contributed by atoms with Crippen molar-refractivity contribution in [2.75, 3.05) is 17.3 Å². The molecule has 0 saturated carbocycles. The number of nitrogens with zero attached hydrogens (tertiary/aromatic N) is 3. The maximum absolute atomic E-state index is 13.0.